The maximum absolute atomic E-state index is 11.2. The summed E-state index contributed by atoms with van der Waals surface area (Å²) in [5.74, 6) is -0.846. The van der Waals surface area contributed by atoms with Gasteiger partial charge in [0.05, 0.1) is 22.1 Å². The monoisotopic (exact) mass is 338 g/mol. The van der Waals surface area contributed by atoms with Gasteiger partial charge in [0, 0.05) is 5.56 Å². The van der Waals surface area contributed by atoms with Crippen molar-refractivity contribution in [2.75, 3.05) is 0 Å². The predicted molar refractivity (Wildman–Crippen MR) is 102 cm³/mol. The van der Waals surface area contributed by atoms with Gasteiger partial charge in [-0.2, -0.15) is 0 Å². The molecule has 4 nitrogen and oxygen atoms in total. The van der Waals surface area contributed by atoms with E-state index in [0.717, 1.165) is 27.6 Å². The van der Waals surface area contributed by atoms with E-state index >= 15 is 0 Å². The third kappa shape index (κ3) is 3.00. The maximum Gasteiger partial charge on any atom is 0.233 e. The molecule has 0 aliphatic heterocycles. The van der Waals surface area contributed by atoms with Crippen LogP contribution in [0.25, 0.3) is 28.1 Å². The first kappa shape index (κ1) is 15.8. The number of Topliss-reactive ketones (excluding diaryl/α,β-unsaturated/α-hetero) is 1. The van der Waals surface area contributed by atoms with Crippen LogP contribution in [-0.4, -0.2) is 21.5 Å². The van der Waals surface area contributed by atoms with Gasteiger partial charge >= 0.3 is 0 Å². The summed E-state index contributed by atoms with van der Waals surface area (Å²) in [4.78, 5) is 31.2. The first-order chi connectivity index (χ1) is 12.7. The minimum atomic E-state index is -0.436. The van der Waals surface area contributed by atoms with Crippen LogP contribution in [-0.2, 0) is 4.79 Å². The highest BCUT2D eigenvalue weighted by Gasteiger charge is 2.19. The number of ketones is 2. The van der Waals surface area contributed by atoms with Gasteiger partial charge in [0.1, 0.15) is 0 Å². The van der Waals surface area contributed by atoms with Gasteiger partial charge in [-0.3, -0.25) is 9.59 Å². The molecule has 26 heavy (non-hydrogen) atoms. The van der Waals surface area contributed by atoms with Crippen LogP contribution in [0.15, 0.2) is 78.9 Å². The van der Waals surface area contributed by atoms with Crippen LogP contribution < -0.4 is 0 Å². The Hall–Kier alpha value is -3.66. The maximum atomic E-state index is 11.2. The molecule has 0 saturated heterocycles. The lowest BCUT2D eigenvalue weighted by Crippen LogP contribution is -2.15. The van der Waals surface area contributed by atoms with E-state index < -0.39 is 11.6 Å². The summed E-state index contributed by atoms with van der Waals surface area (Å²) in [5.41, 5.74) is 5.13. The first-order valence-corrected chi connectivity index (χ1v) is 8.20. The van der Waals surface area contributed by atoms with Gasteiger partial charge in [0.25, 0.3) is 0 Å². The van der Waals surface area contributed by atoms with Gasteiger partial charge in [-0.15, -0.1) is 0 Å². The lowest BCUT2D eigenvalue weighted by molar-refractivity contribution is -0.110. The van der Waals surface area contributed by atoms with Gasteiger partial charge in [0.15, 0.2) is 0 Å². The topological polar surface area (TPSA) is 59.9 Å². The molecular weight excluding hydrogens is 324 g/mol. The fourth-order valence-corrected chi connectivity index (χ4v) is 2.79. The largest absolute Gasteiger partial charge is 0.286 e. The number of para-hydroxylation sites is 4. The van der Waals surface area contributed by atoms with E-state index in [1.807, 2.05) is 60.7 Å². The Morgan fingerprint density at radius 3 is 1.54 bits per heavy atom. The summed E-state index contributed by atoms with van der Waals surface area (Å²) in [6, 6.07) is 22.9. The van der Waals surface area contributed by atoms with Crippen molar-refractivity contribution in [3.05, 3.63) is 90.0 Å². The van der Waals surface area contributed by atoms with Crippen molar-refractivity contribution in [2.45, 2.75) is 0 Å². The number of rotatable bonds is 0. The van der Waals surface area contributed by atoms with Crippen LogP contribution >= 0.6 is 0 Å². The lowest BCUT2D eigenvalue weighted by atomic mass is 9.96. The average molecular weight is 338 g/mol. The molecule has 5 rings (SSSR count). The highest BCUT2D eigenvalue weighted by molar-refractivity contribution is 6.49. The van der Waals surface area contributed by atoms with E-state index in [9.17, 15) is 9.59 Å². The Bertz CT molecular complexity index is 1070. The number of carbonyl (C=O) groups is 2. The second-order valence-electron chi connectivity index (χ2n) is 5.81. The molecular formula is C22H14N2O2. The third-order valence-corrected chi connectivity index (χ3v) is 4.09. The van der Waals surface area contributed by atoms with Crippen LogP contribution in [0.3, 0.4) is 0 Å². The lowest BCUT2D eigenvalue weighted by Gasteiger charge is -2.06. The van der Waals surface area contributed by atoms with E-state index in [4.69, 9.17) is 0 Å². The molecule has 1 aliphatic rings. The Labute approximate surface area is 149 Å². The van der Waals surface area contributed by atoms with Crippen molar-refractivity contribution < 1.29 is 9.59 Å². The first-order valence-electron chi connectivity index (χ1n) is 8.20. The van der Waals surface area contributed by atoms with Gasteiger partial charge in [0.2, 0.25) is 11.6 Å². The number of allylic oxidation sites excluding steroid dienone is 1. The molecule has 4 heteroatoms. The van der Waals surface area contributed by atoms with E-state index in [1.165, 1.54) is 6.08 Å². The smallest absolute Gasteiger partial charge is 0.233 e. The second kappa shape index (κ2) is 6.69. The minimum Gasteiger partial charge on any atom is -0.286 e. The number of fused-ring (bicyclic) bond motifs is 3. The zero-order chi connectivity index (χ0) is 17.9. The summed E-state index contributed by atoms with van der Waals surface area (Å²) in [7, 11) is 0. The number of carbonyl (C=O) groups excluding carboxylic acids is 2. The Kier molecular flexibility index (Phi) is 4.07. The standard InChI is InChI=1S/C12H8N2.C10H6O2/c1-2-6-10-9(5-1)13-11-7-3-4-8-12(11)14-10;11-9-6-5-7-3-1-2-4-8(7)10(9)12/h1-8H;1-6H. The zero-order valence-electron chi connectivity index (χ0n) is 13.8. The van der Waals surface area contributed by atoms with Crippen molar-refractivity contribution in [1.82, 2.24) is 9.97 Å². The molecule has 1 aromatic heterocycles. The fourth-order valence-electron chi connectivity index (χ4n) is 2.79. The van der Waals surface area contributed by atoms with Gasteiger partial charge in [-0.05, 0) is 35.9 Å². The van der Waals surface area contributed by atoms with Crippen LogP contribution in [0.5, 0.6) is 0 Å². The van der Waals surface area contributed by atoms with Crippen LogP contribution in [0.2, 0.25) is 0 Å². The number of hydrogen-bond acceptors (Lipinski definition) is 4. The van der Waals surface area contributed by atoms with E-state index in [-0.39, 0.29) is 0 Å². The van der Waals surface area contributed by atoms with Crippen molar-refractivity contribution in [2.24, 2.45) is 0 Å². The molecule has 0 N–H and O–H groups in total. The van der Waals surface area contributed by atoms with Crippen molar-refractivity contribution in [3.63, 3.8) is 0 Å². The van der Waals surface area contributed by atoms with E-state index in [0.29, 0.717) is 5.56 Å². The molecule has 1 aliphatic carbocycles. The average Bonchev–Trinajstić information content (AvgIpc) is 2.70. The fraction of sp³-hybridized carbons (Fsp3) is 0. The molecule has 0 atom stereocenters. The van der Waals surface area contributed by atoms with Gasteiger partial charge in [-0.1, -0.05) is 54.6 Å². The Morgan fingerprint density at radius 2 is 1.00 bits per heavy atom. The predicted octanol–water partition coefficient (Wildman–Crippen LogP) is 4.25. The summed E-state index contributed by atoms with van der Waals surface area (Å²) in [6.07, 6.45) is 2.98. The van der Waals surface area contributed by atoms with E-state index in [2.05, 4.69) is 9.97 Å². The van der Waals surface area contributed by atoms with Gasteiger partial charge < -0.3 is 0 Å². The molecule has 0 fully saturated rings. The zero-order valence-corrected chi connectivity index (χ0v) is 13.8. The highest BCUT2D eigenvalue weighted by Crippen LogP contribution is 2.16. The second-order valence-corrected chi connectivity index (χ2v) is 5.81. The van der Waals surface area contributed by atoms with Crippen LogP contribution in [0, 0.1) is 0 Å². The molecule has 0 radical (unpaired) electrons. The van der Waals surface area contributed by atoms with Crippen molar-refractivity contribution >= 4 is 39.7 Å². The number of aromatic nitrogens is 2. The van der Waals surface area contributed by atoms with Crippen LogP contribution in [0.1, 0.15) is 15.9 Å². The minimum absolute atomic E-state index is 0.409. The van der Waals surface area contributed by atoms with Crippen molar-refractivity contribution in [3.8, 4) is 0 Å². The molecule has 0 bridgehead atoms. The van der Waals surface area contributed by atoms with E-state index in [1.54, 1.807) is 18.2 Å². The highest BCUT2D eigenvalue weighted by atomic mass is 16.2. The normalized spacial score (nSPS) is 12.6. The van der Waals surface area contributed by atoms with Gasteiger partial charge in [-0.25, -0.2) is 9.97 Å². The SMILES string of the molecule is O=C1C=Cc2ccccc2C1=O.c1ccc2nc3ccccc3nc2c1. The molecule has 3 aromatic carbocycles. The molecule has 1 heterocycles. The molecule has 0 spiro atoms. The molecule has 0 unspecified atom stereocenters. The molecule has 0 amide bonds. The summed E-state index contributed by atoms with van der Waals surface area (Å²) in [5, 5.41) is 0. The van der Waals surface area contributed by atoms with Crippen LogP contribution in [0.4, 0.5) is 0 Å². The molecule has 0 saturated carbocycles. The number of hydrogen-bond donors (Lipinski definition) is 0. The number of nitrogens with zero attached hydrogens (tertiary/aromatic N) is 2. The summed E-state index contributed by atoms with van der Waals surface area (Å²) >= 11 is 0. The molecule has 124 valence electrons. The summed E-state index contributed by atoms with van der Waals surface area (Å²) in [6.45, 7) is 0. The Balaban J connectivity index is 0.000000131. The quantitative estimate of drug-likeness (QED) is 0.355. The third-order valence-electron chi connectivity index (χ3n) is 4.09. The number of benzene rings is 3. The van der Waals surface area contributed by atoms with Crippen molar-refractivity contribution in [1.29, 1.82) is 0 Å². The Morgan fingerprint density at radius 1 is 0.538 bits per heavy atom. The summed E-state index contributed by atoms with van der Waals surface area (Å²) < 4.78 is 0. The molecule has 4 aromatic rings.